The Balaban J connectivity index is 1.05. The Morgan fingerprint density at radius 3 is 1.15 bits per heavy atom. The molecular formula is C68H55N3. The predicted octanol–water partition coefficient (Wildman–Crippen LogP) is 18.5. The van der Waals surface area contributed by atoms with Crippen molar-refractivity contribution in [1.29, 1.82) is 0 Å². The van der Waals surface area contributed by atoms with Gasteiger partial charge in [0.05, 0.1) is 28.1 Å². The van der Waals surface area contributed by atoms with E-state index in [4.69, 9.17) is 9.97 Å². The van der Waals surface area contributed by atoms with Crippen LogP contribution in [0.2, 0.25) is 0 Å². The third-order valence-corrected chi connectivity index (χ3v) is 14.4. The number of benzene rings is 10. The lowest BCUT2D eigenvalue weighted by molar-refractivity contribution is 0.590. The molecule has 0 aliphatic heterocycles. The summed E-state index contributed by atoms with van der Waals surface area (Å²) in [5, 5.41) is 7.22. The lowest BCUT2D eigenvalue weighted by Crippen LogP contribution is -2.10. The van der Waals surface area contributed by atoms with Crippen molar-refractivity contribution in [3.63, 3.8) is 0 Å². The van der Waals surface area contributed by atoms with Gasteiger partial charge in [-0.2, -0.15) is 0 Å². The summed E-state index contributed by atoms with van der Waals surface area (Å²) in [5.74, 6) is 0.682. The van der Waals surface area contributed by atoms with Crippen LogP contribution in [0, 0.1) is 0 Å². The number of hydrogen-bond acceptors (Lipinski definition) is 2. The molecule has 10 aromatic carbocycles. The average molecular weight is 914 g/mol. The summed E-state index contributed by atoms with van der Waals surface area (Å²) < 4.78 is 2.49. The van der Waals surface area contributed by atoms with Gasteiger partial charge in [0.2, 0.25) is 0 Å². The van der Waals surface area contributed by atoms with Gasteiger partial charge in [-0.15, -0.1) is 0 Å². The average Bonchev–Trinajstić information content (AvgIpc) is 3.73. The molecule has 0 amide bonds. The van der Waals surface area contributed by atoms with Crippen LogP contribution < -0.4 is 0 Å². The molecule has 0 aliphatic rings. The molecule has 0 aliphatic carbocycles. The van der Waals surface area contributed by atoms with Crippen LogP contribution in [0.1, 0.15) is 52.7 Å². The fourth-order valence-corrected chi connectivity index (χ4v) is 10.7. The molecule has 0 atom stereocenters. The molecule has 3 heteroatoms. The van der Waals surface area contributed by atoms with Crippen LogP contribution >= 0.6 is 0 Å². The molecule has 2 aromatic heterocycles. The maximum atomic E-state index is 5.50. The molecule has 0 N–H and O–H groups in total. The molecule has 3 nitrogen and oxygen atoms in total. The van der Waals surface area contributed by atoms with E-state index in [2.05, 4.69) is 271 Å². The van der Waals surface area contributed by atoms with Crippen LogP contribution in [0.4, 0.5) is 0 Å². The van der Waals surface area contributed by atoms with Gasteiger partial charge in [-0.3, -0.25) is 0 Å². The largest absolute Gasteiger partial charge is 0.309 e. The summed E-state index contributed by atoms with van der Waals surface area (Å²) in [5.41, 5.74) is 18.0. The highest BCUT2D eigenvalue weighted by Crippen LogP contribution is 2.44. The van der Waals surface area contributed by atoms with E-state index in [1.807, 2.05) is 0 Å². The second-order valence-electron chi connectivity index (χ2n) is 21.0. The maximum absolute atomic E-state index is 5.50. The minimum atomic E-state index is 0.0235. The van der Waals surface area contributed by atoms with Gasteiger partial charge in [-0.05, 0) is 114 Å². The predicted molar refractivity (Wildman–Crippen MR) is 301 cm³/mol. The number of nitrogens with zero attached hydrogens (tertiary/aromatic N) is 3. The number of hydrogen-bond donors (Lipinski definition) is 0. The summed E-state index contributed by atoms with van der Waals surface area (Å²) in [6.45, 7) is 13.8. The molecule has 0 bridgehead atoms. The van der Waals surface area contributed by atoms with Gasteiger partial charge in [-0.1, -0.05) is 224 Å². The monoisotopic (exact) mass is 913 g/mol. The third-order valence-electron chi connectivity index (χ3n) is 14.4. The molecule has 0 saturated heterocycles. The van der Waals surface area contributed by atoms with E-state index in [1.165, 1.54) is 60.5 Å². The molecule has 0 spiro atoms. The molecule has 342 valence electrons. The summed E-state index contributed by atoms with van der Waals surface area (Å²) in [6.07, 6.45) is 0. The van der Waals surface area contributed by atoms with E-state index in [9.17, 15) is 0 Å². The van der Waals surface area contributed by atoms with E-state index >= 15 is 0 Å². The second kappa shape index (κ2) is 17.2. The fraction of sp³-hybridized carbons (Fsp3) is 0.118. The molecule has 2 heterocycles. The van der Waals surface area contributed by atoms with Crippen molar-refractivity contribution in [3.8, 4) is 73.0 Å². The first-order valence-corrected chi connectivity index (χ1v) is 24.8. The van der Waals surface area contributed by atoms with Crippen LogP contribution in [0.15, 0.2) is 224 Å². The third kappa shape index (κ3) is 7.79. The summed E-state index contributed by atoms with van der Waals surface area (Å²) in [7, 11) is 0. The summed E-state index contributed by atoms with van der Waals surface area (Å²) >= 11 is 0. The van der Waals surface area contributed by atoms with Crippen LogP contribution in [-0.4, -0.2) is 14.5 Å². The first-order valence-electron chi connectivity index (χ1n) is 24.8. The van der Waals surface area contributed by atoms with Crippen molar-refractivity contribution in [2.24, 2.45) is 0 Å². The zero-order chi connectivity index (χ0) is 48.4. The van der Waals surface area contributed by atoms with E-state index in [1.54, 1.807) is 0 Å². The van der Waals surface area contributed by atoms with Crippen molar-refractivity contribution in [3.05, 3.63) is 236 Å². The van der Waals surface area contributed by atoms with Gasteiger partial charge in [0, 0.05) is 32.8 Å². The Kier molecular flexibility index (Phi) is 10.6. The highest BCUT2D eigenvalue weighted by molar-refractivity contribution is 6.14. The quantitative estimate of drug-likeness (QED) is 0.159. The smallest absolute Gasteiger partial charge is 0.161 e. The van der Waals surface area contributed by atoms with Gasteiger partial charge in [0.1, 0.15) is 0 Å². The SMILES string of the molecule is CC(C)(C)c1ccc2c(c1)c1cc(C(C)(C)C)ccc1n2-c1ccc(-c2ccc(-c3nc(-c4ccccc4-c4ccccc4)cc(-c4ccccc4-c4ccccc4)n3)c3ccccc23)c2ccccc12. The van der Waals surface area contributed by atoms with Crippen LogP contribution in [0.25, 0.3) is 116 Å². The van der Waals surface area contributed by atoms with Crippen molar-refractivity contribution in [2.75, 3.05) is 0 Å². The fourth-order valence-electron chi connectivity index (χ4n) is 10.7. The summed E-state index contributed by atoms with van der Waals surface area (Å²) in [4.78, 5) is 11.0. The molecule has 0 unspecified atom stereocenters. The van der Waals surface area contributed by atoms with E-state index in [0.29, 0.717) is 5.82 Å². The van der Waals surface area contributed by atoms with Crippen LogP contribution in [-0.2, 0) is 10.8 Å². The standard InChI is InChI=1S/C68H55N3/c1-67(2,3)46-33-38-64-59(41-46)60-42-47(68(4,5)6)34-39-65(60)71(64)63-40-37-54(51-28-17-20-32-57(51)63)53-35-36-58(52-29-16-15-27-50(52)53)66-69-61(55-30-18-13-25-48(55)44-21-9-7-10-22-44)43-62(70-66)56-31-19-14-26-49(56)45-23-11-8-12-24-45/h7-43H,1-6H3. The zero-order valence-electron chi connectivity index (χ0n) is 41.2. The Morgan fingerprint density at radius 2 is 0.676 bits per heavy atom. The highest BCUT2D eigenvalue weighted by atomic mass is 15.0. The van der Waals surface area contributed by atoms with Crippen molar-refractivity contribution < 1.29 is 0 Å². The number of aromatic nitrogens is 3. The Labute approximate surface area is 416 Å². The van der Waals surface area contributed by atoms with Gasteiger partial charge < -0.3 is 4.57 Å². The topological polar surface area (TPSA) is 30.7 Å². The molecule has 12 aromatic rings. The lowest BCUT2D eigenvalue weighted by Gasteiger charge is -2.19. The van der Waals surface area contributed by atoms with Gasteiger partial charge in [-0.25, -0.2) is 9.97 Å². The first kappa shape index (κ1) is 43.9. The minimum Gasteiger partial charge on any atom is -0.309 e. The Morgan fingerprint density at radius 1 is 0.296 bits per heavy atom. The minimum absolute atomic E-state index is 0.0235. The normalized spacial score (nSPS) is 12.1. The van der Waals surface area contributed by atoms with E-state index < -0.39 is 0 Å². The van der Waals surface area contributed by atoms with Gasteiger partial charge in [0.15, 0.2) is 5.82 Å². The molecule has 0 fully saturated rings. The first-order chi connectivity index (χ1) is 34.5. The lowest BCUT2D eigenvalue weighted by atomic mass is 9.85. The number of fused-ring (bicyclic) bond motifs is 5. The van der Waals surface area contributed by atoms with E-state index in [0.717, 1.165) is 61.1 Å². The van der Waals surface area contributed by atoms with Crippen molar-refractivity contribution in [2.45, 2.75) is 52.4 Å². The Hall–Kier alpha value is -8.40. The molecule has 12 rings (SSSR count). The molecule has 0 radical (unpaired) electrons. The molecule has 71 heavy (non-hydrogen) atoms. The summed E-state index contributed by atoms with van der Waals surface area (Å²) in [6, 6.07) is 81.6. The molecule has 0 saturated carbocycles. The maximum Gasteiger partial charge on any atom is 0.161 e. The Bertz CT molecular complexity index is 3820. The van der Waals surface area contributed by atoms with Gasteiger partial charge in [0.25, 0.3) is 0 Å². The van der Waals surface area contributed by atoms with E-state index in [-0.39, 0.29) is 10.8 Å². The van der Waals surface area contributed by atoms with Crippen LogP contribution in [0.5, 0.6) is 0 Å². The number of rotatable bonds is 7. The van der Waals surface area contributed by atoms with Crippen molar-refractivity contribution in [1.82, 2.24) is 14.5 Å². The highest BCUT2D eigenvalue weighted by Gasteiger charge is 2.24. The second-order valence-corrected chi connectivity index (χ2v) is 21.0. The van der Waals surface area contributed by atoms with Crippen LogP contribution in [0.3, 0.4) is 0 Å². The zero-order valence-corrected chi connectivity index (χ0v) is 41.2. The molecular weight excluding hydrogens is 859 g/mol. The van der Waals surface area contributed by atoms with Gasteiger partial charge >= 0.3 is 0 Å². The van der Waals surface area contributed by atoms with Crippen molar-refractivity contribution >= 4 is 43.4 Å².